The van der Waals surface area contributed by atoms with Crippen molar-refractivity contribution in [2.75, 3.05) is 0 Å². The lowest BCUT2D eigenvalue weighted by atomic mass is 10.1. The molecular weight excluding hydrogens is 353 g/mol. The van der Waals surface area contributed by atoms with Crippen LogP contribution in [0.5, 0.6) is 0 Å². The Morgan fingerprint density at radius 1 is 0.815 bits per heavy atom. The van der Waals surface area contributed by atoms with Crippen LogP contribution in [0.15, 0.2) is 79.0 Å². The molecule has 0 saturated carbocycles. The highest BCUT2D eigenvalue weighted by Gasteiger charge is 2.32. The molecule has 6 heteroatoms. The van der Waals surface area contributed by atoms with E-state index in [-0.39, 0.29) is 11.5 Å². The number of hydrogen-bond donors (Lipinski definition) is 0. The average molecular weight is 370 g/mol. The molecule has 0 aliphatic rings. The first-order valence-corrected chi connectivity index (χ1v) is 8.34. The third-order valence-electron chi connectivity index (χ3n) is 4.02. The minimum absolute atomic E-state index is 0.120. The molecule has 0 atom stereocenters. The maximum absolute atomic E-state index is 12.9. The van der Waals surface area contributed by atoms with Crippen molar-refractivity contribution in [3.63, 3.8) is 0 Å². The summed E-state index contributed by atoms with van der Waals surface area (Å²) in [7, 11) is 0. The van der Waals surface area contributed by atoms with Gasteiger partial charge in [-0.15, -0.1) is 0 Å². The van der Waals surface area contributed by atoms with E-state index < -0.39 is 11.9 Å². The third kappa shape index (κ3) is 4.94. The average Bonchev–Trinajstić information content (AvgIpc) is 2.68. The first kappa shape index (κ1) is 18.6. The number of rotatable bonds is 5. The first-order valence-electron chi connectivity index (χ1n) is 8.34. The van der Waals surface area contributed by atoms with E-state index in [0.29, 0.717) is 13.1 Å². The summed E-state index contributed by atoms with van der Waals surface area (Å²) in [6.45, 7) is 0.686. The second-order valence-corrected chi connectivity index (χ2v) is 6.06. The molecule has 0 bridgehead atoms. The van der Waals surface area contributed by atoms with Crippen LogP contribution in [0.1, 0.15) is 27.2 Å². The normalized spacial score (nSPS) is 11.2. The van der Waals surface area contributed by atoms with Gasteiger partial charge in [-0.05, 0) is 23.3 Å². The molecule has 27 heavy (non-hydrogen) atoms. The van der Waals surface area contributed by atoms with Gasteiger partial charge < -0.3 is 4.90 Å². The molecule has 0 unspecified atom stereocenters. The van der Waals surface area contributed by atoms with Gasteiger partial charge in [0.2, 0.25) is 0 Å². The lowest BCUT2D eigenvalue weighted by Crippen LogP contribution is -2.30. The van der Waals surface area contributed by atoms with Crippen molar-refractivity contribution < 1.29 is 18.0 Å². The van der Waals surface area contributed by atoms with Gasteiger partial charge in [-0.25, -0.2) is 0 Å². The van der Waals surface area contributed by atoms with E-state index in [1.807, 2.05) is 60.7 Å². The highest BCUT2D eigenvalue weighted by atomic mass is 19.4. The Labute approximate surface area is 155 Å². The van der Waals surface area contributed by atoms with Crippen molar-refractivity contribution in [2.45, 2.75) is 19.3 Å². The van der Waals surface area contributed by atoms with Crippen LogP contribution in [0.4, 0.5) is 13.2 Å². The number of carbonyl (C=O) groups excluding carboxylic acids is 1. The fourth-order valence-corrected chi connectivity index (χ4v) is 2.68. The van der Waals surface area contributed by atoms with Crippen LogP contribution in [-0.4, -0.2) is 15.8 Å². The maximum atomic E-state index is 12.9. The number of pyridine rings is 1. The van der Waals surface area contributed by atoms with Gasteiger partial charge in [0.25, 0.3) is 5.91 Å². The first-order chi connectivity index (χ1) is 12.9. The van der Waals surface area contributed by atoms with Crippen LogP contribution in [0, 0.1) is 0 Å². The number of hydrogen-bond acceptors (Lipinski definition) is 2. The zero-order valence-corrected chi connectivity index (χ0v) is 14.4. The number of nitrogens with zero attached hydrogens (tertiary/aromatic N) is 2. The number of alkyl halides is 3. The quantitative estimate of drug-likeness (QED) is 0.637. The Kier molecular flexibility index (Phi) is 5.54. The highest BCUT2D eigenvalue weighted by Crippen LogP contribution is 2.27. The molecule has 1 heterocycles. The molecule has 3 nitrogen and oxygen atoms in total. The van der Waals surface area contributed by atoms with Gasteiger partial charge in [0, 0.05) is 19.3 Å². The Morgan fingerprint density at radius 2 is 1.33 bits per heavy atom. The lowest BCUT2D eigenvalue weighted by Gasteiger charge is -2.23. The van der Waals surface area contributed by atoms with Gasteiger partial charge in [0.1, 0.15) is 5.69 Å². The summed E-state index contributed by atoms with van der Waals surface area (Å²) in [6, 6.07) is 20.9. The van der Waals surface area contributed by atoms with Crippen molar-refractivity contribution in [3.05, 3.63) is 101 Å². The monoisotopic (exact) mass is 370 g/mol. The Bertz CT molecular complexity index is 837. The third-order valence-corrected chi connectivity index (χ3v) is 4.02. The maximum Gasteiger partial charge on any atom is 0.433 e. The van der Waals surface area contributed by atoms with Gasteiger partial charge in [-0.1, -0.05) is 60.7 Å². The number of benzene rings is 2. The van der Waals surface area contributed by atoms with Crippen LogP contribution < -0.4 is 0 Å². The second-order valence-electron chi connectivity index (χ2n) is 6.06. The van der Waals surface area contributed by atoms with Crippen molar-refractivity contribution in [3.8, 4) is 0 Å². The van der Waals surface area contributed by atoms with Crippen LogP contribution in [0.3, 0.4) is 0 Å². The Hall–Kier alpha value is -3.15. The van der Waals surface area contributed by atoms with E-state index >= 15 is 0 Å². The smallest absolute Gasteiger partial charge is 0.330 e. The fraction of sp³-hybridized carbons (Fsp3) is 0.143. The predicted molar refractivity (Wildman–Crippen MR) is 95.7 cm³/mol. The molecule has 0 aliphatic heterocycles. The van der Waals surface area contributed by atoms with Crippen LogP contribution in [-0.2, 0) is 19.3 Å². The molecule has 0 saturated heterocycles. The summed E-state index contributed by atoms with van der Waals surface area (Å²) in [5, 5.41) is 0. The van der Waals surface area contributed by atoms with Crippen molar-refractivity contribution in [1.82, 2.24) is 9.88 Å². The summed E-state index contributed by atoms with van der Waals surface area (Å²) in [5.74, 6) is -0.371. The van der Waals surface area contributed by atoms with E-state index in [1.165, 1.54) is 6.07 Å². The topological polar surface area (TPSA) is 33.2 Å². The minimum Gasteiger partial charge on any atom is -0.330 e. The van der Waals surface area contributed by atoms with Crippen LogP contribution in [0.2, 0.25) is 0 Å². The van der Waals surface area contributed by atoms with Gasteiger partial charge in [-0.2, -0.15) is 13.2 Å². The molecule has 1 amide bonds. The molecule has 0 radical (unpaired) electrons. The number of carbonyl (C=O) groups is 1. The molecule has 0 fully saturated rings. The van der Waals surface area contributed by atoms with Crippen LogP contribution >= 0.6 is 0 Å². The largest absolute Gasteiger partial charge is 0.433 e. The summed E-state index contributed by atoms with van der Waals surface area (Å²) in [5.41, 5.74) is 0.967. The second kappa shape index (κ2) is 8.03. The van der Waals surface area contributed by atoms with Gasteiger partial charge in [0.15, 0.2) is 0 Å². The number of amides is 1. The van der Waals surface area contributed by atoms with Crippen molar-refractivity contribution >= 4 is 5.91 Å². The van der Waals surface area contributed by atoms with Crippen molar-refractivity contribution in [2.24, 2.45) is 0 Å². The van der Waals surface area contributed by atoms with Gasteiger partial charge in [-0.3, -0.25) is 9.78 Å². The molecule has 3 rings (SSSR count). The molecule has 0 aliphatic carbocycles. The zero-order chi connectivity index (χ0) is 19.3. The SMILES string of the molecule is O=C(c1ccc(C(F)(F)F)nc1)N(Cc1ccccc1)Cc1ccccc1. The summed E-state index contributed by atoms with van der Waals surface area (Å²) < 4.78 is 38.1. The van der Waals surface area contributed by atoms with Gasteiger partial charge in [0.05, 0.1) is 5.56 Å². The van der Waals surface area contributed by atoms with Crippen molar-refractivity contribution in [1.29, 1.82) is 0 Å². The van der Waals surface area contributed by atoms with E-state index in [1.54, 1.807) is 4.90 Å². The predicted octanol–water partition coefficient (Wildman–Crippen LogP) is 4.94. The molecular formula is C21H17F3N2O. The standard InChI is InChI=1S/C21H17F3N2O/c22-21(23,24)19-12-11-18(13-25-19)20(27)26(14-16-7-3-1-4-8-16)15-17-9-5-2-6-10-17/h1-13H,14-15H2. The van der Waals surface area contributed by atoms with E-state index in [9.17, 15) is 18.0 Å². The number of halogens is 3. The molecule has 0 N–H and O–H groups in total. The number of aromatic nitrogens is 1. The van der Waals surface area contributed by atoms with E-state index in [2.05, 4.69) is 4.98 Å². The van der Waals surface area contributed by atoms with E-state index in [4.69, 9.17) is 0 Å². The summed E-state index contributed by atoms with van der Waals surface area (Å²) in [6.07, 6.45) is -3.55. The molecule has 1 aromatic heterocycles. The lowest BCUT2D eigenvalue weighted by molar-refractivity contribution is -0.141. The molecule has 138 valence electrons. The molecule has 0 spiro atoms. The van der Waals surface area contributed by atoms with Gasteiger partial charge >= 0.3 is 6.18 Å². The summed E-state index contributed by atoms with van der Waals surface area (Å²) >= 11 is 0. The van der Waals surface area contributed by atoms with Crippen LogP contribution in [0.25, 0.3) is 0 Å². The Balaban J connectivity index is 1.85. The fourth-order valence-electron chi connectivity index (χ4n) is 2.68. The minimum atomic E-state index is -4.53. The molecule has 2 aromatic carbocycles. The zero-order valence-electron chi connectivity index (χ0n) is 14.4. The summed E-state index contributed by atoms with van der Waals surface area (Å²) in [4.78, 5) is 17.9. The van der Waals surface area contributed by atoms with E-state index in [0.717, 1.165) is 23.4 Å². The highest BCUT2D eigenvalue weighted by molar-refractivity contribution is 5.93. The Morgan fingerprint density at radius 3 is 1.74 bits per heavy atom. The molecule has 3 aromatic rings.